The van der Waals surface area contributed by atoms with Crippen LogP contribution in [-0.2, 0) is 17.1 Å². The van der Waals surface area contributed by atoms with Gasteiger partial charge in [-0.05, 0) is 19.3 Å². The van der Waals surface area contributed by atoms with Crippen LogP contribution in [0.15, 0.2) is 0 Å². The second-order valence-corrected chi connectivity index (χ2v) is 5.35. The zero-order valence-electron chi connectivity index (χ0n) is 15.3. The molecular formula is C18H42FeO3. The molecular weight excluding hydrogens is 320 g/mol. The molecule has 22 heavy (non-hydrogen) atoms. The number of rotatable bonds is 12. The standard InChI is InChI=1S/3C6H14O.Fe/c3*1-2-3-4-5-6-7;/h3*7H,2-6H2,1H3;. The SMILES string of the molecule is CCCCCCO.CCCCCCO.CCCCCCO.[Fe]. The summed E-state index contributed by atoms with van der Waals surface area (Å²) >= 11 is 0. The largest absolute Gasteiger partial charge is 0.396 e. The van der Waals surface area contributed by atoms with E-state index in [0.717, 1.165) is 19.3 Å². The van der Waals surface area contributed by atoms with Crippen LogP contribution in [0.4, 0.5) is 0 Å². The first-order valence-electron chi connectivity index (χ1n) is 9.07. The quantitative estimate of drug-likeness (QED) is 0.349. The fraction of sp³-hybridized carbons (Fsp3) is 1.00. The van der Waals surface area contributed by atoms with Crippen LogP contribution in [0, 0.1) is 0 Å². The van der Waals surface area contributed by atoms with E-state index in [0.29, 0.717) is 19.8 Å². The minimum atomic E-state index is 0. The van der Waals surface area contributed by atoms with Gasteiger partial charge < -0.3 is 15.3 Å². The summed E-state index contributed by atoms with van der Waals surface area (Å²) in [5.41, 5.74) is 0. The molecule has 3 N–H and O–H groups in total. The maximum Gasteiger partial charge on any atom is 0.0431 e. The monoisotopic (exact) mass is 362 g/mol. The van der Waals surface area contributed by atoms with Crippen molar-refractivity contribution in [3.63, 3.8) is 0 Å². The Hall–Kier alpha value is 0.399. The zero-order valence-corrected chi connectivity index (χ0v) is 16.4. The summed E-state index contributed by atoms with van der Waals surface area (Å²) in [7, 11) is 0. The van der Waals surface area contributed by atoms with Crippen molar-refractivity contribution in [3.05, 3.63) is 0 Å². The van der Waals surface area contributed by atoms with Gasteiger partial charge in [0.25, 0.3) is 0 Å². The first-order valence-corrected chi connectivity index (χ1v) is 9.07. The molecule has 0 aromatic rings. The van der Waals surface area contributed by atoms with E-state index < -0.39 is 0 Å². The van der Waals surface area contributed by atoms with Crippen molar-refractivity contribution in [2.75, 3.05) is 19.8 Å². The fourth-order valence-electron chi connectivity index (χ4n) is 1.62. The summed E-state index contributed by atoms with van der Waals surface area (Å²) < 4.78 is 0. The smallest absolute Gasteiger partial charge is 0.0431 e. The Morgan fingerprint density at radius 1 is 0.409 bits per heavy atom. The maximum absolute atomic E-state index is 8.29. The molecule has 0 saturated heterocycles. The van der Waals surface area contributed by atoms with E-state index in [1.54, 1.807) is 0 Å². The Morgan fingerprint density at radius 2 is 0.636 bits per heavy atom. The summed E-state index contributed by atoms with van der Waals surface area (Å²) in [5.74, 6) is 0. The van der Waals surface area contributed by atoms with Gasteiger partial charge in [0.1, 0.15) is 0 Å². The van der Waals surface area contributed by atoms with Gasteiger partial charge in [0.05, 0.1) is 0 Å². The predicted octanol–water partition coefficient (Wildman–Crippen LogP) is 4.67. The second-order valence-electron chi connectivity index (χ2n) is 5.35. The minimum Gasteiger partial charge on any atom is -0.396 e. The molecule has 0 bridgehead atoms. The molecule has 0 fully saturated rings. The first-order chi connectivity index (χ1) is 10.2. The van der Waals surface area contributed by atoms with E-state index in [9.17, 15) is 0 Å². The van der Waals surface area contributed by atoms with Gasteiger partial charge >= 0.3 is 0 Å². The maximum atomic E-state index is 8.29. The summed E-state index contributed by atoms with van der Waals surface area (Å²) in [6.07, 6.45) is 14.0. The average Bonchev–Trinajstić information content (AvgIpc) is 2.50. The second kappa shape index (κ2) is 37.6. The summed E-state index contributed by atoms with van der Waals surface area (Å²) in [4.78, 5) is 0. The van der Waals surface area contributed by atoms with Crippen molar-refractivity contribution in [2.24, 2.45) is 0 Å². The number of hydrogen-bond donors (Lipinski definition) is 3. The van der Waals surface area contributed by atoms with Crippen molar-refractivity contribution in [3.8, 4) is 0 Å². The van der Waals surface area contributed by atoms with Gasteiger partial charge in [-0.1, -0.05) is 78.6 Å². The number of aliphatic hydroxyl groups is 3. The van der Waals surface area contributed by atoms with E-state index >= 15 is 0 Å². The van der Waals surface area contributed by atoms with E-state index in [1.807, 2.05) is 0 Å². The molecule has 0 aliphatic rings. The number of aliphatic hydroxyl groups excluding tert-OH is 3. The van der Waals surface area contributed by atoms with Crippen LogP contribution in [0.25, 0.3) is 0 Å². The predicted molar refractivity (Wildman–Crippen MR) is 93.7 cm³/mol. The molecule has 0 spiro atoms. The van der Waals surface area contributed by atoms with Crippen molar-refractivity contribution >= 4 is 0 Å². The minimum absolute atomic E-state index is 0. The molecule has 0 aromatic heterocycles. The third-order valence-electron chi connectivity index (χ3n) is 3.04. The summed E-state index contributed by atoms with van der Waals surface area (Å²) in [6, 6.07) is 0. The molecule has 0 amide bonds. The van der Waals surface area contributed by atoms with Crippen molar-refractivity contribution in [2.45, 2.75) is 97.8 Å². The molecule has 0 aromatic carbocycles. The van der Waals surface area contributed by atoms with Crippen LogP contribution in [-0.4, -0.2) is 35.1 Å². The molecule has 0 heterocycles. The summed E-state index contributed by atoms with van der Waals surface area (Å²) in [6.45, 7) is 7.58. The van der Waals surface area contributed by atoms with Crippen LogP contribution < -0.4 is 0 Å². The third kappa shape index (κ3) is 49.9. The molecule has 0 saturated carbocycles. The van der Waals surface area contributed by atoms with Gasteiger partial charge in [0, 0.05) is 36.9 Å². The topological polar surface area (TPSA) is 60.7 Å². The Bertz CT molecular complexity index is 99.7. The molecule has 4 heteroatoms. The Kier molecular flexibility index (Phi) is 51.7. The van der Waals surface area contributed by atoms with Crippen LogP contribution in [0.2, 0.25) is 0 Å². The van der Waals surface area contributed by atoms with Gasteiger partial charge in [0.15, 0.2) is 0 Å². The molecule has 3 nitrogen and oxygen atoms in total. The Morgan fingerprint density at radius 3 is 0.773 bits per heavy atom. The third-order valence-corrected chi connectivity index (χ3v) is 3.04. The Balaban J connectivity index is -0.000000108. The van der Waals surface area contributed by atoms with Gasteiger partial charge in [-0.15, -0.1) is 0 Å². The number of hydrogen-bond acceptors (Lipinski definition) is 3. The van der Waals surface area contributed by atoms with Crippen molar-refractivity contribution in [1.29, 1.82) is 0 Å². The Labute approximate surface area is 150 Å². The van der Waals surface area contributed by atoms with Gasteiger partial charge in [-0.3, -0.25) is 0 Å². The van der Waals surface area contributed by atoms with Gasteiger partial charge in [0.2, 0.25) is 0 Å². The van der Waals surface area contributed by atoms with E-state index in [1.165, 1.54) is 57.8 Å². The van der Waals surface area contributed by atoms with Crippen LogP contribution >= 0.6 is 0 Å². The molecule has 0 atom stereocenters. The zero-order chi connectivity index (χ0) is 16.6. The molecule has 0 aliphatic heterocycles. The molecule has 0 unspecified atom stereocenters. The van der Waals surface area contributed by atoms with Gasteiger partial charge in [-0.25, -0.2) is 0 Å². The van der Waals surface area contributed by atoms with Crippen LogP contribution in [0.5, 0.6) is 0 Å². The van der Waals surface area contributed by atoms with E-state index in [4.69, 9.17) is 15.3 Å². The van der Waals surface area contributed by atoms with Crippen molar-refractivity contribution < 1.29 is 32.4 Å². The molecule has 0 aliphatic carbocycles. The molecule has 140 valence electrons. The molecule has 0 radical (unpaired) electrons. The van der Waals surface area contributed by atoms with Crippen molar-refractivity contribution in [1.82, 2.24) is 0 Å². The summed E-state index contributed by atoms with van der Waals surface area (Å²) in [5, 5.41) is 24.9. The first kappa shape index (κ1) is 30.3. The average molecular weight is 362 g/mol. The van der Waals surface area contributed by atoms with Crippen LogP contribution in [0.3, 0.4) is 0 Å². The van der Waals surface area contributed by atoms with Crippen LogP contribution in [0.1, 0.15) is 97.8 Å². The fourth-order valence-corrected chi connectivity index (χ4v) is 1.62. The van der Waals surface area contributed by atoms with Gasteiger partial charge in [-0.2, -0.15) is 0 Å². The number of unbranched alkanes of at least 4 members (excludes halogenated alkanes) is 9. The van der Waals surface area contributed by atoms with E-state index in [2.05, 4.69) is 20.8 Å². The molecule has 0 rings (SSSR count). The van der Waals surface area contributed by atoms with E-state index in [-0.39, 0.29) is 17.1 Å². The normalized spacial score (nSPS) is 9.00.